The molecular formula is C18H19N3O5S. The number of carboxylic acids is 1. The Kier molecular flexibility index (Phi) is 5.50. The molecule has 0 spiro atoms. The van der Waals surface area contributed by atoms with E-state index in [4.69, 9.17) is 9.84 Å². The molecule has 0 radical (unpaired) electrons. The summed E-state index contributed by atoms with van der Waals surface area (Å²) in [6.45, 7) is 3.71. The highest BCUT2D eigenvalue weighted by atomic mass is 32.2. The number of amides is 1. The number of nitrogens with zero attached hydrogens (tertiary/aromatic N) is 2. The van der Waals surface area contributed by atoms with Crippen molar-refractivity contribution in [2.24, 2.45) is 0 Å². The monoisotopic (exact) mass is 389 g/mol. The topological polar surface area (TPSA) is 111 Å². The fourth-order valence-corrected chi connectivity index (χ4v) is 4.15. The number of fused-ring (bicyclic) bond motifs is 1. The number of esters is 1. The number of nitrogens with one attached hydrogen (secondary N) is 1. The molecule has 2 aromatic rings. The van der Waals surface area contributed by atoms with Crippen LogP contribution in [-0.2, 0) is 20.9 Å². The van der Waals surface area contributed by atoms with Crippen LogP contribution in [0.2, 0.25) is 0 Å². The molecule has 8 nitrogen and oxygen atoms in total. The van der Waals surface area contributed by atoms with Crippen LogP contribution in [0, 0.1) is 6.92 Å². The molecule has 1 aliphatic heterocycles. The van der Waals surface area contributed by atoms with E-state index >= 15 is 0 Å². The SMILES string of the molecule is CCOC(=O)Cn1nc(C)c2c1NC(=O)CSC2c1ccc(C(=O)O)cc1. The van der Waals surface area contributed by atoms with Crippen molar-refractivity contribution in [1.82, 2.24) is 9.78 Å². The number of aromatic carboxylic acids is 1. The zero-order valence-corrected chi connectivity index (χ0v) is 15.7. The van der Waals surface area contributed by atoms with Crippen molar-refractivity contribution in [3.8, 4) is 0 Å². The predicted octanol–water partition coefficient (Wildman–Crippen LogP) is 2.23. The second kappa shape index (κ2) is 7.83. The second-order valence-corrected chi connectivity index (χ2v) is 7.07. The molecule has 1 aromatic heterocycles. The van der Waals surface area contributed by atoms with Crippen LogP contribution in [0.25, 0.3) is 0 Å². The van der Waals surface area contributed by atoms with Gasteiger partial charge >= 0.3 is 11.9 Å². The van der Waals surface area contributed by atoms with E-state index in [1.807, 2.05) is 6.92 Å². The first-order chi connectivity index (χ1) is 12.9. The minimum absolute atomic E-state index is 0.0976. The Bertz CT molecular complexity index is 891. The number of carbonyl (C=O) groups excluding carboxylic acids is 2. The molecule has 9 heteroatoms. The molecule has 2 heterocycles. The number of aryl methyl sites for hydroxylation is 1. The Morgan fingerprint density at radius 3 is 2.70 bits per heavy atom. The molecule has 3 rings (SSSR count). The highest BCUT2D eigenvalue weighted by Gasteiger charge is 2.30. The second-order valence-electron chi connectivity index (χ2n) is 5.98. The lowest BCUT2D eigenvalue weighted by Crippen LogP contribution is -2.20. The molecule has 1 unspecified atom stereocenters. The van der Waals surface area contributed by atoms with Crippen LogP contribution >= 0.6 is 11.8 Å². The van der Waals surface area contributed by atoms with Gasteiger partial charge in [0.2, 0.25) is 5.91 Å². The molecule has 0 saturated carbocycles. The molecular weight excluding hydrogens is 370 g/mol. The molecule has 1 aliphatic rings. The zero-order valence-electron chi connectivity index (χ0n) is 14.9. The summed E-state index contributed by atoms with van der Waals surface area (Å²) in [5.41, 5.74) is 2.55. The average molecular weight is 389 g/mol. The van der Waals surface area contributed by atoms with Gasteiger partial charge < -0.3 is 15.2 Å². The molecule has 0 saturated heterocycles. The molecule has 0 aliphatic carbocycles. The van der Waals surface area contributed by atoms with Gasteiger partial charge in [0.25, 0.3) is 0 Å². The van der Waals surface area contributed by atoms with E-state index in [-0.39, 0.29) is 35.6 Å². The number of carboxylic acid groups (broad SMARTS) is 1. The number of ether oxygens (including phenoxy) is 1. The Labute approximate surface area is 159 Å². The number of aromatic nitrogens is 2. The van der Waals surface area contributed by atoms with Gasteiger partial charge in [0.15, 0.2) is 0 Å². The smallest absolute Gasteiger partial charge is 0.335 e. The van der Waals surface area contributed by atoms with Crippen LogP contribution in [0.15, 0.2) is 24.3 Å². The molecule has 0 bridgehead atoms. The number of thioether (sulfide) groups is 1. The summed E-state index contributed by atoms with van der Waals surface area (Å²) in [4.78, 5) is 35.1. The van der Waals surface area contributed by atoms with E-state index in [1.165, 1.54) is 28.6 Å². The Balaban J connectivity index is 2.01. The molecule has 1 aromatic carbocycles. The van der Waals surface area contributed by atoms with Crippen molar-refractivity contribution in [2.45, 2.75) is 25.6 Å². The van der Waals surface area contributed by atoms with E-state index in [1.54, 1.807) is 19.1 Å². The number of anilines is 1. The Morgan fingerprint density at radius 2 is 2.07 bits per heavy atom. The van der Waals surface area contributed by atoms with E-state index in [2.05, 4.69) is 10.4 Å². The Morgan fingerprint density at radius 1 is 1.37 bits per heavy atom. The van der Waals surface area contributed by atoms with Crippen LogP contribution in [0.4, 0.5) is 5.82 Å². The van der Waals surface area contributed by atoms with Crippen molar-refractivity contribution < 1.29 is 24.2 Å². The average Bonchev–Trinajstić information content (AvgIpc) is 2.80. The normalized spacial score (nSPS) is 16.2. The Hall–Kier alpha value is -2.81. The number of hydrogen-bond acceptors (Lipinski definition) is 6. The first-order valence-corrected chi connectivity index (χ1v) is 9.43. The summed E-state index contributed by atoms with van der Waals surface area (Å²) in [6.07, 6.45) is 0. The minimum Gasteiger partial charge on any atom is -0.478 e. The molecule has 1 atom stereocenters. The largest absolute Gasteiger partial charge is 0.478 e. The van der Waals surface area contributed by atoms with E-state index in [9.17, 15) is 14.4 Å². The van der Waals surface area contributed by atoms with Gasteiger partial charge in [0, 0.05) is 5.56 Å². The quantitative estimate of drug-likeness (QED) is 0.755. The molecule has 27 heavy (non-hydrogen) atoms. The van der Waals surface area contributed by atoms with E-state index in [0.717, 1.165) is 11.1 Å². The first-order valence-electron chi connectivity index (χ1n) is 8.38. The molecule has 2 N–H and O–H groups in total. The zero-order chi connectivity index (χ0) is 19.6. The lowest BCUT2D eigenvalue weighted by molar-refractivity contribution is -0.144. The van der Waals surface area contributed by atoms with Gasteiger partial charge in [-0.05, 0) is 31.5 Å². The van der Waals surface area contributed by atoms with E-state index < -0.39 is 11.9 Å². The highest BCUT2D eigenvalue weighted by Crippen LogP contribution is 2.43. The summed E-state index contributed by atoms with van der Waals surface area (Å²) in [5.74, 6) is -0.903. The van der Waals surface area contributed by atoms with Gasteiger partial charge in [-0.1, -0.05) is 12.1 Å². The maximum absolute atomic E-state index is 12.2. The van der Waals surface area contributed by atoms with Crippen molar-refractivity contribution in [3.63, 3.8) is 0 Å². The minimum atomic E-state index is -0.994. The summed E-state index contributed by atoms with van der Waals surface area (Å²) < 4.78 is 6.43. The van der Waals surface area contributed by atoms with Crippen molar-refractivity contribution in [3.05, 3.63) is 46.6 Å². The van der Waals surface area contributed by atoms with Crippen LogP contribution in [0.5, 0.6) is 0 Å². The molecule has 1 amide bonds. The van der Waals surface area contributed by atoms with Crippen molar-refractivity contribution in [2.75, 3.05) is 17.7 Å². The van der Waals surface area contributed by atoms with Crippen molar-refractivity contribution in [1.29, 1.82) is 0 Å². The van der Waals surface area contributed by atoms with Crippen LogP contribution in [-0.4, -0.2) is 45.1 Å². The fraction of sp³-hybridized carbons (Fsp3) is 0.333. The molecule has 142 valence electrons. The standard InChI is InChI=1S/C18H19N3O5S/c1-3-26-14(23)8-21-17-15(10(2)20-21)16(27-9-13(22)19-17)11-4-6-12(7-5-11)18(24)25/h4-7,16H,3,8-9H2,1-2H3,(H,19,22)(H,24,25). The summed E-state index contributed by atoms with van der Waals surface area (Å²) in [5, 5.41) is 16.1. The number of carbonyl (C=O) groups is 3. The maximum Gasteiger partial charge on any atom is 0.335 e. The van der Waals surface area contributed by atoms with Gasteiger partial charge in [-0.2, -0.15) is 5.10 Å². The summed E-state index contributed by atoms with van der Waals surface area (Å²) in [7, 11) is 0. The van der Waals surface area contributed by atoms with Gasteiger partial charge in [0.05, 0.1) is 28.9 Å². The van der Waals surface area contributed by atoms with E-state index in [0.29, 0.717) is 11.5 Å². The van der Waals surface area contributed by atoms with Gasteiger partial charge in [-0.15, -0.1) is 11.8 Å². The van der Waals surface area contributed by atoms with Crippen LogP contribution in [0.3, 0.4) is 0 Å². The van der Waals surface area contributed by atoms with Gasteiger partial charge in [0.1, 0.15) is 12.4 Å². The summed E-state index contributed by atoms with van der Waals surface area (Å²) in [6, 6.07) is 6.55. The third-order valence-corrected chi connectivity index (χ3v) is 5.39. The number of benzene rings is 1. The van der Waals surface area contributed by atoms with Gasteiger partial charge in [-0.3, -0.25) is 9.59 Å². The number of hydrogen-bond donors (Lipinski definition) is 2. The van der Waals surface area contributed by atoms with Crippen molar-refractivity contribution >= 4 is 35.4 Å². The lowest BCUT2D eigenvalue weighted by Gasteiger charge is -2.15. The highest BCUT2D eigenvalue weighted by molar-refractivity contribution is 8.00. The van der Waals surface area contributed by atoms with Gasteiger partial charge in [-0.25, -0.2) is 9.48 Å². The molecule has 0 fully saturated rings. The maximum atomic E-state index is 12.2. The van der Waals surface area contributed by atoms with Crippen LogP contribution < -0.4 is 5.32 Å². The fourth-order valence-electron chi connectivity index (χ4n) is 2.96. The lowest BCUT2D eigenvalue weighted by atomic mass is 10.0. The first kappa shape index (κ1) is 19.0. The third-order valence-electron chi connectivity index (χ3n) is 4.12. The predicted molar refractivity (Wildman–Crippen MR) is 99.9 cm³/mol. The third kappa shape index (κ3) is 3.97. The summed E-state index contributed by atoms with van der Waals surface area (Å²) >= 11 is 1.43. The number of rotatable bonds is 5. The van der Waals surface area contributed by atoms with Crippen LogP contribution in [0.1, 0.15) is 39.4 Å².